The number of anilines is 9. The summed E-state index contributed by atoms with van der Waals surface area (Å²) in [5.74, 6) is 0. The Hall–Kier alpha value is -6.04. The first-order valence-electron chi connectivity index (χ1n) is 16.7. The number of thiophene rings is 1. The van der Waals surface area contributed by atoms with Crippen molar-refractivity contribution >= 4 is 95.0 Å². The van der Waals surface area contributed by atoms with Crippen LogP contribution in [0.25, 0.3) is 10.1 Å². The van der Waals surface area contributed by atoms with Crippen LogP contribution in [0.5, 0.6) is 0 Å². The van der Waals surface area contributed by atoms with Gasteiger partial charge in [0.05, 0.1) is 5.69 Å². The SMILES string of the molecule is c1ccc(N(c2ccccc2)c2ccc3c(c2)B2c4sc5ccccc5c4N(c4ccccc4)c4cccc(c42)N3c2ccccc2)cc1. The van der Waals surface area contributed by atoms with Crippen molar-refractivity contribution in [3.05, 3.63) is 182 Å². The Morgan fingerprint density at radius 2 is 1.00 bits per heavy atom. The van der Waals surface area contributed by atoms with Crippen molar-refractivity contribution < 1.29 is 0 Å². The number of hydrogen-bond acceptors (Lipinski definition) is 4. The fourth-order valence-corrected chi connectivity index (χ4v) is 9.12. The average Bonchev–Trinajstić information content (AvgIpc) is 3.56. The molecule has 0 saturated heterocycles. The quantitative estimate of drug-likeness (QED) is 0.173. The first-order valence-corrected chi connectivity index (χ1v) is 17.6. The number of para-hydroxylation sites is 4. The molecular formula is C44H30BN3S. The van der Waals surface area contributed by atoms with Gasteiger partial charge in [-0.2, -0.15) is 0 Å². The maximum atomic E-state index is 2.50. The van der Waals surface area contributed by atoms with Crippen molar-refractivity contribution in [1.82, 2.24) is 0 Å². The van der Waals surface area contributed by atoms with E-state index in [4.69, 9.17) is 0 Å². The molecule has 2 aliphatic heterocycles. The normalized spacial score (nSPS) is 12.8. The minimum Gasteiger partial charge on any atom is -0.311 e. The lowest BCUT2D eigenvalue weighted by atomic mass is 9.36. The Labute approximate surface area is 290 Å². The highest BCUT2D eigenvalue weighted by atomic mass is 32.1. The molecule has 7 aromatic carbocycles. The molecule has 0 fully saturated rings. The van der Waals surface area contributed by atoms with Crippen LogP contribution in [0, 0.1) is 0 Å². The topological polar surface area (TPSA) is 9.72 Å². The van der Waals surface area contributed by atoms with E-state index in [9.17, 15) is 0 Å². The van der Waals surface area contributed by atoms with E-state index < -0.39 is 0 Å². The van der Waals surface area contributed by atoms with Crippen LogP contribution in [0.3, 0.4) is 0 Å². The van der Waals surface area contributed by atoms with Crippen LogP contribution in [0.15, 0.2) is 182 Å². The fourth-order valence-electron chi connectivity index (χ4n) is 7.80. The van der Waals surface area contributed by atoms with E-state index in [1.54, 1.807) is 0 Å². The second-order valence-electron chi connectivity index (χ2n) is 12.5. The number of fused-ring (bicyclic) bond motifs is 6. The number of rotatable bonds is 5. The molecule has 230 valence electrons. The van der Waals surface area contributed by atoms with Crippen LogP contribution in [-0.2, 0) is 0 Å². The van der Waals surface area contributed by atoms with Gasteiger partial charge in [-0.15, -0.1) is 11.3 Å². The molecule has 0 saturated carbocycles. The standard InChI is InChI=1S/C44H30BN3S/c1-5-16-31(17-6-1)46(32-18-7-2-8-19-32)35-28-29-38-37(30-35)45-42-39(47(38)33-20-9-3-10-21-33)25-15-26-40(42)48(34-22-11-4-12-23-34)43-36-24-13-14-27-41(36)49-44(43)45/h1-30H. The third-order valence-corrected chi connectivity index (χ3v) is 11.0. The van der Waals surface area contributed by atoms with Crippen LogP contribution in [-0.4, -0.2) is 6.71 Å². The van der Waals surface area contributed by atoms with Crippen molar-refractivity contribution in [3.8, 4) is 0 Å². The summed E-state index contributed by atoms with van der Waals surface area (Å²) in [4.78, 5) is 7.34. The van der Waals surface area contributed by atoms with E-state index in [0.717, 1.165) is 22.7 Å². The summed E-state index contributed by atoms with van der Waals surface area (Å²) in [6.45, 7) is 0.0573. The molecule has 0 amide bonds. The van der Waals surface area contributed by atoms with E-state index >= 15 is 0 Å². The molecule has 0 unspecified atom stereocenters. The Kier molecular flexibility index (Phi) is 6.46. The summed E-state index contributed by atoms with van der Waals surface area (Å²) in [6.07, 6.45) is 0. The summed E-state index contributed by atoms with van der Waals surface area (Å²) < 4.78 is 2.68. The first kappa shape index (κ1) is 28.0. The van der Waals surface area contributed by atoms with E-state index in [1.165, 1.54) is 54.2 Å². The molecule has 5 heteroatoms. The summed E-state index contributed by atoms with van der Waals surface area (Å²) in [5, 5.41) is 1.29. The summed E-state index contributed by atoms with van der Waals surface area (Å²) in [7, 11) is 0. The highest BCUT2D eigenvalue weighted by Gasteiger charge is 2.45. The van der Waals surface area contributed by atoms with Gasteiger partial charge in [0.2, 0.25) is 0 Å². The summed E-state index contributed by atoms with van der Waals surface area (Å²) in [6, 6.07) is 65.9. The monoisotopic (exact) mass is 643 g/mol. The summed E-state index contributed by atoms with van der Waals surface area (Å²) >= 11 is 1.93. The number of benzene rings is 7. The Bertz CT molecular complexity index is 2420. The zero-order valence-corrected chi connectivity index (χ0v) is 27.5. The van der Waals surface area contributed by atoms with Gasteiger partial charge in [0.25, 0.3) is 6.71 Å². The molecule has 0 aliphatic carbocycles. The molecule has 8 aromatic rings. The second-order valence-corrected chi connectivity index (χ2v) is 13.6. The van der Waals surface area contributed by atoms with Crippen molar-refractivity contribution in [2.75, 3.05) is 14.7 Å². The zero-order chi connectivity index (χ0) is 32.3. The van der Waals surface area contributed by atoms with Gasteiger partial charge >= 0.3 is 0 Å². The van der Waals surface area contributed by atoms with Gasteiger partial charge in [0.1, 0.15) is 0 Å². The van der Waals surface area contributed by atoms with Crippen LogP contribution in [0.2, 0.25) is 0 Å². The van der Waals surface area contributed by atoms with Gasteiger partial charge in [-0.1, -0.05) is 97.1 Å². The van der Waals surface area contributed by atoms with E-state index in [1.807, 2.05) is 11.3 Å². The molecule has 2 aliphatic rings. The minimum absolute atomic E-state index is 0.0573. The lowest BCUT2D eigenvalue weighted by Crippen LogP contribution is -2.60. The smallest absolute Gasteiger partial charge is 0.264 e. The number of hydrogen-bond donors (Lipinski definition) is 0. The average molecular weight is 644 g/mol. The van der Waals surface area contributed by atoms with Crippen molar-refractivity contribution in [2.24, 2.45) is 0 Å². The van der Waals surface area contributed by atoms with Gasteiger partial charge in [-0.05, 0) is 95.9 Å². The fraction of sp³-hybridized carbons (Fsp3) is 0. The van der Waals surface area contributed by atoms with Gasteiger partial charge in [0, 0.05) is 60.4 Å². The molecule has 1 aromatic heterocycles. The molecule has 49 heavy (non-hydrogen) atoms. The van der Waals surface area contributed by atoms with Crippen molar-refractivity contribution in [1.29, 1.82) is 0 Å². The van der Waals surface area contributed by atoms with Crippen LogP contribution in [0.4, 0.5) is 51.2 Å². The Balaban J connectivity index is 1.29. The predicted octanol–water partition coefficient (Wildman–Crippen LogP) is 10.5. The molecule has 10 rings (SSSR count). The highest BCUT2D eigenvalue weighted by molar-refractivity contribution is 7.33. The van der Waals surface area contributed by atoms with Gasteiger partial charge in [-0.3, -0.25) is 0 Å². The lowest BCUT2D eigenvalue weighted by molar-refractivity contribution is 1.25. The summed E-state index contributed by atoms with van der Waals surface area (Å²) in [5.41, 5.74) is 13.3. The van der Waals surface area contributed by atoms with E-state index in [2.05, 4.69) is 197 Å². The molecule has 3 heterocycles. The second kappa shape index (κ2) is 11.3. The number of nitrogens with zero attached hydrogens (tertiary/aromatic N) is 3. The zero-order valence-electron chi connectivity index (χ0n) is 26.6. The molecule has 0 N–H and O–H groups in total. The van der Waals surface area contributed by atoms with E-state index in [0.29, 0.717) is 0 Å². The van der Waals surface area contributed by atoms with Crippen LogP contribution < -0.4 is 30.4 Å². The predicted molar refractivity (Wildman–Crippen MR) is 211 cm³/mol. The lowest BCUT2D eigenvalue weighted by Gasteiger charge is -2.43. The molecular weight excluding hydrogens is 613 g/mol. The van der Waals surface area contributed by atoms with E-state index in [-0.39, 0.29) is 6.71 Å². The third kappa shape index (κ3) is 4.36. The molecule has 0 radical (unpaired) electrons. The Morgan fingerprint density at radius 3 is 1.65 bits per heavy atom. The molecule has 0 bridgehead atoms. The maximum absolute atomic E-state index is 2.50. The molecule has 3 nitrogen and oxygen atoms in total. The van der Waals surface area contributed by atoms with Crippen molar-refractivity contribution in [3.63, 3.8) is 0 Å². The highest BCUT2D eigenvalue weighted by Crippen LogP contribution is 2.48. The van der Waals surface area contributed by atoms with Crippen LogP contribution >= 0.6 is 11.3 Å². The Morgan fingerprint density at radius 1 is 0.449 bits per heavy atom. The minimum atomic E-state index is 0.0573. The maximum Gasteiger partial charge on any atom is 0.264 e. The molecule has 0 atom stereocenters. The third-order valence-electron chi connectivity index (χ3n) is 9.79. The largest absolute Gasteiger partial charge is 0.311 e. The van der Waals surface area contributed by atoms with Gasteiger partial charge in [-0.25, -0.2) is 0 Å². The van der Waals surface area contributed by atoms with Crippen LogP contribution in [0.1, 0.15) is 0 Å². The van der Waals surface area contributed by atoms with Crippen molar-refractivity contribution in [2.45, 2.75) is 0 Å². The first-order chi connectivity index (χ1) is 24.3. The van der Waals surface area contributed by atoms with Gasteiger partial charge < -0.3 is 14.7 Å². The molecule has 0 spiro atoms. The van der Waals surface area contributed by atoms with Gasteiger partial charge in [0.15, 0.2) is 0 Å².